The summed E-state index contributed by atoms with van der Waals surface area (Å²) in [5.74, 6) is 2.06. The lowest BCUT2D eigenvalue weighted by Gasteiger charge is -2.19. The van der Waals surface area contributed by atoms with Crippen LogP contribution < -0.4 is 16.0 Å². The van der Waals surface area contributed by atoms with E-state index in [0.717, 1.165) is 56.1 Å². The normalized spacial score (nSPS) is 16.7. The first-order chi connectivity index (χ1) is 12.2. The number of hydrogen-bond acceptors (Lipinski definition) is 6. The van der Waals surface area contributed by atoms with Crippen molar-refractivity contribution >= 4 is 17.5 Å². The van der Waals surface area contributed by atoms with Crippen LogP contribution in [0.4, 0.5) is 17.5 Å². The molecule has 0 unspecified atom stereocenters. The number of aryl methyl sites for hydroxylation is 1. The van der Waals surface area contributed by atoms with Gasteiger partial charge in [-0.05, 0) is 43.5 Å². The van der Waals surface area contributed by atoms with Crippen LogP contribution in [-0.2, 0) is 6.42 Å². The minimum absolute atomic E-state index is 0.535. The van der Waals surface area contributed by atoms with Crippen molar-refractivity contribution in [3.63, 3.8) is 0 Å². The molecule has 2 heterocycles. The summed E-state index contributed by atoms with van der Waals surface area (Å²) in [5, 5.41) is 12.3. The summed E-state index contributed by atoms with van der Waals surface area (Å²) in [5.41, 5.74) is 8.27. The van der Waals surface area contributed by atoms with E-state index in [2.05, 4.69) is 34.3 Å². The predicted molar refractivity (Wildman–Crippen MR) is 99.8 cm³/mol. The number of aromatic nitrogens is 2. The van der Waals surface area contributed by atoms with E-state index in [9.17, 15) is 0 Å². The zero-order chi connectivity index (χ0) is 17.6. The maximum atomic E-state index is 9.05. The van der Waals surface area contributed by atoms with Gasteiger partial charge in [0.25, 0.3) is 0 Å². The molecule has 1 fully saturated rings. The summed E-state index contributed by atoms with van der Waals surface area (Å²) in [7, 11) is 0. The average molecular weight is 336 g/mol. The Bertz CT molecular complexity index is 767. The highest BCUT2D eigenvalue weighted by molar-refractivity contribution is 5.58. The Labute approximate surface area is 148 Å². The van der Waals surface area contributed by atoms with E-state index in [0.29, 0.717) is 17.4 Å². The van der Waals surface area contributed by atoms with Gasteiger partial charge in [0.1, 0.15) is 5.82 Å². The van der Waals surface area contributed by atoms with E-state index < -0.39 is 0 Å². The Balaban J connectivity index is 1.86. The molecular weight excluding hydrogens is 312 g/mol. The first kappa shape index (κ1) is 17.2. The molecule has 1 saturated heterocycles. The van der Waals surface area contributed by atoms with Gasteiger partial charge in [0.2, 0.25) is 5.95 Å². The van der Waals surface area contributed by atoms with Crippen LogP contribution in [0.15, 0.2) is 30.3 Å². The first-order valence-corrected chi connectivity index (χ1v) is 8.82. The summed E-state index contributed by atoms with van der Waals surface area (Å²) < 4.78 is 0. The molecule has 3 N–H and O–H groups in total. The molecule has 0 amide bonds. The van der Waals surface area contributed by atoms with Gasteiger partial charge in [-0.25, -0.2) is 4.98 Å². The number of benzene rings is 1. The van der Waals surface area contributed by atoms with E-state index in [1.807, 2.05) is 12.1 Å². The second-order valence-corrected chi connectivity index (χ2v) is 6.45. The SMILES string of the molecule is CCCc1cc(N2CC[C@H](CN)C2)nc(Nc2cccc(C#N)c2)n1. The van der Waals surface area contributed by atoms with Crippen molar-refractivity contribution in [2.45, 2.75) is 26.2 Å². The maximum absolute atomic E-state index is 9.05. The van der Waals surface area contributed by atoms with Gasteiger partial charge in [0.05, 0.1) is 11.6 Å². The number of nitriles is 1. The molecular formula is C19H24N6. The van der Waals surface area contributed by atoms with Gasteiger partial charge in [-0.15, -0.1) is 0 Å². The van der Waals surface area contributed by atoms with Gasteiger partial charge in [0, 0.05) is 30.5 Å². The standard InChI is InChI=1S/C19H24N6/c1-2-4-16-10-18(25-8-7-15(12-21)13-25)24-19(22-16)23-17-6-3-5-14(9-17)11-20/h3,5-6,9-10,15H,2,4,7-8,12-13,21H2,1H3,(H,22,23,24)/t15-/m1/s1. The molecule has 0 spiro atoms. The molecule has 130 valence electrons. The minimum Gasteiger partial charge on any atom is -0.356 e. The molecule has 0 saturated carbocycles. The zero-order valence-corrected chi connectivity index (χ0v) is 14.6. The fourth-order valence-corrected chi connectivity index (χ4v) is 3.11. The van der Waals surface area contributed by atoms with Crippen LogP contribution in [0.25, 0.3) is 0 Å². The van der Waals surface area contributed by atoms with Gasteiger partial charge in [-0.2, -0.15) is 10.2 Å². The lowest BCUT2D eigenvalue weighted by molar-refractivity contribution is 0.602. The maximum Gasteiger partial charge on any atom is 0.229 e. The van der Waals surface area contributed by atoms with Crippen molar-refractivity contribution in [2.24, 2.45) is 11.7 Å². The van der Waals surface area contributed by atoms with Crippen LogP contribution in [0.2, 0.25) is 0 Å². The molecule has 1 aliphatic rings. The largest absolute Gasteiger partial charge is 0.356 e. The molecule has 1 atom stereocenters. The van der Waals surface area contributed by atoms with E-state index in [1.165, 1.54) is 0 Å². The minimum atomic E-state index is 0.535. The Morgan fingerprint density at radius 3 is 2.96 bits per heavy atom. The molecule has 0 aliphatic carbocycles. The first-order valence-electron chi connectivity index (χ1n) is 8.82. The van der Waals surface area contributed by atoms with Crippen molar-refractivity contribution in [2.75, 3.05) is 29.9 Å². The molecule has 1 aliphatic heterocycles. The number of hydrogen-bond donors (Lipinski definition) is 2. The highest BCUT2D eigenvalue weighted by Crippen LogP contribution is 2.25. The molecule has 6 heteroatoms. The van der Waals surface area contributed by atoms with Crippen LogP contribution in [-0.4, -0.2) is 29.6 Å². The molecule has 1 aromatic heterocycles. The predicted octanol–water partition coefficient (Wildman–Crippen LogP) is 2.83. The molecule has 0 radical (unpaired) electrons. The highest BCUT2D eigenvalue weighted by Gasteiger charge is 2.23. The fraction of sp³-hybridized carbons (Fsp3) is 0.421. The van der Waals surface area contributed by atoms with Crippen molar-refractivity contribution in [1.29, 1.82) is 5.26 Å². The van der Waals surface area contributed by atoms with Crippen molar-refractivity contribution < 1.29 is 0 Å². The lowest BCUT2D eigenvalue weighted by Crippen LogP contribution is -2.24. The summed E-state index contributed by atoms with van der Waals surface area (Å²) in [6.45, 7) is 4.79. The monoisotopic (exact) mass is 336 g/mol. The third kappa shape index (κ3) is 4.25. The van der Waals surface area contributed by atoms with Crippen molar-refractivity contribution in [3.8, 4) is 6.07 Å². The summed E-state index contributed by atoms with van der Waals surface area (Å²) in [6.07, 6.45) is 3.05. The third-order valence-electron chi connectivity index (χ3n) is 4.46. The van der Waals surface area contributed by atoms with E-state index >= 15 is 0 Å². The molecule has 2 aromatic rings. The number of anilines is 3. The smallest absolute Gasteiger partial charge is 0.229 e. The van der Waals surface area contributed by atoms with Gasteiger partial charge in [-0.3, -0.25) is 0 Å². The Hall–Kier alpha value is -2.65. The summed E-state index contributed by atoms with van der Waals surface area (Å²) in [6, 6.07) is 11.6. The molecule has 6 nitrogen and oxygen atoms in total. The van der Waals surface area contributed by atoms with Crippen LogP contribution in [0.5, 0.6) is 0 Å². The second-order valence-electron chi connectivity index (χ2n) is 6.45. The van der Waals surface area contributed by atoms with E-state index in [-0.39, 0.29) is 0 Å². The molecule has 1 aromatic carbocycles. The fourth-order valence-electron chi connectivity index (χ4n) is 3.11. The number of nitrogens with zero attached hydrogens (tertiary/aromatic N) is 4. The van der Waals surface area contributed by atoms with Crippen LogP contribution >= 0.6 is 0 Å². The van der Waals surface area contributed by atoms with Crippen molar-refractivity contribution in [3.05, 3.63) is 41.6 Å². The third-order valence-corrected chi connectivity index (χ3v) is 4.46. The molecule has 3 rings (SSSR count). The van der Waals surface area contributed by atoms with Gasteiger partial charge >= 0.3 is 0 Å². The Kier molecular flexibility index (Phi) is 5.46. The van der Waals surface area contributed by atoms with Crippen LogP contribution in [0, 0.1) is 17.2 Å². The molecule has 25 heavy (non-hydrogen) atoms. The van der Waals surface area contributed by atoms with Crippen molar-refractivity contribution in [1.82, 2.24) is 9.97 Å². The van der Waals surface area contributed by atoms with E-state index in [1.54, 1.807) is 12.1 Å². The van der Waals surface area contributed by atoms with Gasteiger partial charge in [-0.1, -0.05) is 19.4 Å². The van der Waals surface area contributed by atoms with Crippen LogP contribution in [0.3, 0.4) is 0 Å². The topological polar surface area (TPSA) is 90.9 Å². The zero-order valence-electron chi connectivity index (χ0n) is 14.6. The second kappa shape index (κ2) is 7.95. The number of nitrogens with one attached hydrogen (secondary N) is 1. The Morgan fingerprint density at radius 1 is 1.36 bits per heavy atom. The number of nitrogens with two attached hydrogens (primary N) is 1. The lowest BCUT2D eigenvalue weighted by atomic mass is 10.1. The average Bonchev–Trinajstić information content (AvgIpc) is 3.11. The quantitative estimate of drug-likeness (QED) is 0.843. The summed E-state index contributed by atoms with van der Waals surface area (Å²) >= 11 is 0. The van der Waals surface area contributed by atoms with Gasteiger partial charge in [0.15, 0.2) is 0 Å². The Morgan fingerprint density at radius 2 is 2.24 bits per heavy atom. The number of rotatable bonds is 6. The van der Waals surface area contributed by atoms with Gasteiger partial charge < -0.3 is 16.0 Å². The summed E-state index contributed by atoms with van der Waals surface area (Å²) in [4.78, 5) is 11.6. The van der Waals surface area contributed by atoms with E-state index in [4.69, 9.17) is 16.0 Å². The highest BCUT2D eigenvalue weighted by atomic mass is 15.2. The molecule has 0 bridgehead atoms. The van der Waals surface area contributed by atoms with Crippen LogP contribution in [0.1, 0.15) is 31.0 Å².